The van der Waals surface area contributed by atoms with Gasteiger partial charge in [0.25, 0.3) is 0 Å². The molecule has 0 aromatic heterocycles. The van der Waals surface area contributed by atoms with E-state index in [0.29, 0.717) is 11.5 Å². The molecule has 0 unspecified atom stereocenters. The smallest absolute Gasteiger partial charge is 0.193 e. The second-order valence-electron chi connectivity index (χ2n) is 5.68. The fraction of sp³-hybridized carbons (Fsp3) is 0.278. The molecule has 128 valence electrons. The van der Waals surface area contributed by atoms with Crippen LogP contribution >= 0.6 is 24.0 Å². The Bertz CT molecular complexity index is 732. The van der Waals surface area contributed by atoms with Gasteiger partial charge in [-0.25, -0.2) is 9.38 Å². The van der Waals surface area contributed by atoms with Crippen molar-refractivity contribution in [2.75, 3.05) is 12.4 Å². The number of halogens is 2. The number of rotatable bonds is 5. The summed E-state index contributed by atoms with van der Waals surface area (Å²) in [4.78, 5) is 4.20. The van der Waals surface area contributed by atoms with E-state index in [4.69, 9.17) is 10.5 Å². The predicted molar refractivity (Wildman–Crippen MR) is 106 cm³/mol. The van der Waals surface area contributed by atoms with Crippen LogP contribution in [0, 0.1) is 5.82 Å². The zero-order chi connectivity index (χ0) is 16.2. The number of anilines is 1. The van der Waals surface area contributed by atoms with Crippen LogP contribution < -0.4 is 15.8 Å². The Labute approximate surface area is 158 Å². The monoisotopic (exact) mass is 441 g/mol. The number of methoxy groups -OCH3 is 1. The molecule has 2 aromatic rings. The number of nitrogens with two attached hydrogens (primary N) is 1. The van der Waals surface area contributed by atoms with Gasteiger partial charge in [-0.2, -0.15) is 0 Å². The van der Waals surface area contributed by atoms with E-state index in [1.54, 1.807) is 19.2 Å². The molecule has 0 heterocycles. The Kier molecular flexibility index (Phi) is 6.42. The van der Waals surface area contributed by atoms with E-state index < -0.39 is 0 Å². The third kappa shape index (κ3) is 4.83. The van der Waals surface area contributed by atoms with Crippen molar-refractivity contribution >= 4 is 35.6 Å². The topological polar surface area (TPSA) is 59.6 Å². The molecular formula is C18H21FIN3O. The summed E-state index contributed by atoms with van der Waals surface area (Å²) < 4.78 is 19.2. The fourth-order valence-electron chi connectivity index (χ4n) is 2.42. The summed E-state index contributed by atoms with van der Waals surface area (Å²) in [5.41, 5.74) is 8.26. The summed E-state index contributed by atoms with van der Waals surface area (Å²) in [6, 6.07) is 12.8. The Morgan fingerprint density at radius 1 is 1.29 bits per heavy atom. The molecule has 6 heteroatoms. The van der Waals surface area contributed by atoms with E-state index >= 15 is 0 Å². The van der Waals surface area contributed by atoms with Crippen molar-refractivity contribution < 1.29 is 9.13 Å². The van der Waals surface area contributed by atoms with Gasteiger partial charge in [-0.05, 0) is 42.5 Å². The molecule has 1 fully saturated rings. The Hall–Kier alpha value is -1.83. The molecule has 0 radical (unpaired) electrons. The van der Waals surface area contributed by atoms with Gasteiger partial charge in [0.1, 0.15) is 11.6 Å². The highest BCUT2D eigenvalue weighted by Crippen LogP contribution is 2.40. The van der Waals surface area contributed by atoms with Crippen LogP contribution in [0.4, 0.5) is 10.1 Å². The normalized spacial score (nSPS) is 14.0. The molecule has 4 nitrogen and oxygen atoms in total. The molecule has 1 aliphatic rings. The van der Waals surface area contributed by atoms with Gasteiger partial charge in [-0.15, -0.1) is 24.0 Å². The number of benzene rings is 2. The molecule has 3 N–H and O–H groups in total. The summed E-state index contributed by atoms with van der Waals surface area (Å²) in [6.07, 6.45) is 2.32. The molecule has 3 rings (SSSR count). The third-order valence-corrected chi connectivity index (χ3v) is 3.89. The minimum atomic E-state index is -0.215. The van der Waals surface area contributed by atoms with Crippen LogP contribution in [-0.4, -0.2) is 13.1 Å². The maximum Gasteiger partial charge on any atom is 0.193 e. The number of ether oxygens (including phenoxy) is 1. The highest BCUT2D eigenvalue weighted by Gasteiger charge is 2.24. The molecule has 1 aliphatic carbocycles. The van der Waals surface area contributed by atoms with E-state index in [1.807, 2.05) is 30.3 Å². The second-order valence-corrected chi connectivity index (χ2v) is 5.68. The first-order chi connectivity index (χ1) is 11.2. The molecule has 0 saturated heterocycles. The van der Waals surface area contributed by atoms with Crippen molar-refractivity contribution in [2.45, 2.75) is 25.3 Å². The summed E-state index contributed by atoms with van der Waals surface area (Å²) in [6.45, 7) is 0.208. The van der Waals surface area contributed by atoms with Gasteiger partial charge in [0.2, 0.25) is 0 Å². The number of nitrogens with one attached hydrogen (secondary N) is 1. The van der Waals surface area contributed by atoms with Crippen LogP contribution in [0.2, 0.25) is 0 Å². The first-order valence-corrected chi connectivity index (χ1v) is 7.65. The van der Waals surface area contributed by atoms with Crippen LogP contribution in [0.1, 0.15) is 29.9 Å². The maximum atomic E-state index is 14.1. The van der Waals surface area contributed by atoms with Crippen LogP contribution in [0.15, 0.2) is 47.5 Å². The lowest BCUT2D eigenvalue weighted by Crippen LogP contribution is -2.22. The molecule has 0 aliphatic heterocycles. The van der Waals surface area contributed by atoms with E-state index in [2.05, 4.69) is 10.3 Å². The van der Waals surface area contributed by atoms with Gasteiger partial charge in [-0.3, -0.25) is 0 Å². The minimum Gasteiger partial charge on any atom is -0.497 e. The predicted octanol–water partition coefficient (Wildman–Crippen LogP) is 4.26. The molecule has 2 aromatic carbocycles. The Morgan fingerprint density at radius 3 is 2.75 bits per heavy atom. The fourth-order valence-corrected chi connectivity index (χ4v) is 2.42. The zero-order valence-electron chi connectivity index (χ0n) is 13.5. The van der Waals surface area contributed by atoms with Gasteiger partial charge in [0, 0.05) is 17.3 Å². The van der Waals surface area contributed by atoms with Crippen molar-refractivity contribution in [3.63, 3.8) is 0 Å². The van der Waals surface area contributed by atoms with Gasteiger partial charge in [0.15, 0.2) is 5.96 Å². The van der Waals surface area contributed by atoms with E-state index in [9.17, 15) is 4.39 Å². The van der Waals surface area contributed by atoms with E-state index in [0.717, 1.165) is 29.8 Å². The average Bonchev–Trinajstić information content (AvgIpc) is 3.39. The van der Waals surface area contributed by atoms with Crippen LogP contribution in [0.25, 0.3) is 0 Å². The minimum absolute atomic E-state index is 0. The second kappa shape index (κ2) is 8.32. The number of hydrogen-bond donors (Lipinski definition) is 2. The van der Waals surface area contributed by atoms with Crippen LogP contribution in [-0.2, 0) is 6.54 Å². The van der Waals surface area contributed by atoms with Crippen molar-refractivity contribution in [1.29, 1.82) is 0 Å². The van der Waals surface area contributed by atoms with Gasteiger partial charge in [0.05, 0.1) is 13.7 Å². The molecule has 1 saturated carbocycles. The molecule has 0 spiro atoms. The zero-order valence-corrected chi connectivity index (χ0v) is 15.8. The number of guanidine groups is 1. The quantitative estimate of drug-likeness (QED) is 0.414. The summed E-state index contributed by atoms with van der Waals surface area (Å²) >= 11 is 0. The first-order valence-electron chi connectivity index (χ1n) is 7.65. The highest BCUT2D eigenvalue weighted by molar-refractivity contribution is 14.0. The first kappa shape index (κ1) is 18.5. The Balaban J connectivity index is 0.00000208. The average molecular weight is 441 g/mol. The Morgan fingerprint density at radius 2 is 2.08 bits per heavy atom. The van der Waals surface area contributed by atoms with Crippen LogP contribution in [0.5, 0.6) is 5.75 Å². The van der Waals surface area contributed by atoms with Gasteiger partial charge < -0.3 is 15.8 Å². The lowest BCUT2D eigenvalue weighted by molar-refractivity contribution is 0.415. The highest BCUT2D eigenvalue weighted by atomic mass is 127. The van der Waals surface area contributed by atoms with Gasteiger partial charge >= 0.3 is 0 Å². The van der Waals surface area contributed by atoms with E-state index in [1.165, 1.54) is 0 Å². The van der Waals surface area contributed by atoms with Gasteiger partial charge in [-0.1, -0.05) is 18.2 Å². The standard InChI is InChI=1S/C18H20FN3O.HI/c1-23-16-4-2-3-15(10-16)22-18(20)21-11-14-8-7-13(9-17(14)19)12-5-6-12;/h2-4,7-10,12H,5-6,11H2,1H3,(H3,20,21,22);1H. The van der Waals surface area contributed by atoms with E-state index in [-0.39, 0.29) is 42.3 Å². The maximum absolute atomic E-state index is 14.1. The van der Waals surface area contributed by atoms with Crippen molar-refractivity contribution in [3.8, 4) is 5.75 Å². The molecule has 0 amide bonds. The summed E-state index contributed by atoms with van der Waals surface area (Å²) in [5, 5.41) is 2.97. The molecular weight excluding hydrogens is 420 g/mol. The SMILES string of the molecule is COc1cccc(NC(N)=NCc2ccc(C3CC3)cc2F)c1.I. The summed E-state index contributed by atoms with van der Waals surface area (Å²) in [5.74, 6) is 1.29. The van der Waals surface area contributed by atoms with Crippen LogP contribution in [0.3, 0.4) is 0 Å². The number of hydrogen-bond acceptors (Lipinski definition) is 2. The van der Waals surface area contributed by atoms with Crippen molar-refractivity contribution in [3.05, 3.63) is 59.4 Å². The number of aliphatic imine (C=N–C) groups is 1. The molecule has 0 bridgehead atoms. The molecule has 24 heavy (non-hydrogen) atoms. The lowest BCUT2D eigenvalue weighted by atomic mass is 10.1. The number of nitrogens with zero attached hydrogens (tertiary/aromatic N) is 1. The largest absolute Gasteiger partial charge is 0.497 e. The third-order valence-electron chi connectivity index (χ3n) is 3.89. The van der Waals surface area contributed by atoms with Crippen molar-refractivity contribution in [2.24, 2.45) is 10.7 Å². The van der Waals surface area contributed by atoms with Crippen molar-refractivity contribution in [1.82, 2.24) is 0 Å². The lowest BCUT2D eigenvalue weighted by Gasteiger charge is -2.08. The summed E-state index contributed by atoms with van der Waals surface area (Å²) in [7, 11) is 1.60. The molecule has 0 atom stereocenters.